The van der Waals surface area contributed by atoms with E-state index in [1.54, 1.807) is 0 Å². The topological polar surface area (TPSA) is 46.9 Å². The van der Waals surface area contributed by atoms with Gasteiger partial charge in [0, 0.05) is 66.7 Å². The van der Waals surface area contributed by atoms with E-state index in [0.717, 1.165) is 59.8 Å². The summed E-state index contributed by atoms with van der Waals surface area (Å²) >= 11 is 0. The molecule has 0 aliphatic heterocycles. The Bertz CT molecular complexity index is 978. The smallest absolute Gasteiger partial charge is 0.121 e. The van der Waals surface area contributed by atoms with Gasteiger partial charge in [0.05, 0.1) is 0 Å². The summed E-state index contributed by atoms with van der Waals surface area (Å²) in [6.07, 6.45) is 0. The minimum Gasteiger partial charge on any atom is -0.508 e. The number of phenols is 2. The Morgan fingerprint density at radius 1 is 0.625 bits per heavy atom. The molecule has 0 bridgehead atoms. The molecule has 2 N–H and O–H groups in total. The highest BCUT2D eigenvalue weighted by Crippen LogP contribution is 2.43. The van der Waals surface area contributed by atoms with E-state index < -0.39 is 0 Å². The minimum absolute atomic E-state index is 0.245. The van der Waals surface area contributed by atoms with E-state index in [1.165, 1.54) is 0 Å². The van der Waals surface area contributed by atoms with Crippen molar-refractivity contribution in [3.8, 4) is 11.5 Å². The summed E-state index contributed by atoms with van der Waals surface area (Å²) in [6, 6.07) is 20.0. The first kappa shape index (κ1) is 23.5. The molecule has 0 aliphatic carbocycles. The van der Waals surface area contributed by atoms with E-state index in [2.05, 4.69) is 68.7 Å². The Balaban J connectivity index is 2.16. The van der Waals surface area contributed by atoms with Crippen molar-refractivity contribution in [1.82, 2.24) is 0 Å². The first-order valence-corrected chi connectivity index (χ1v) is 11.7. The number of benzene rings is 3. The van der Waals surface area contributed by atoms with Gasteiger partial charge in [0.2, 0.25) is 0 Å². The predicted molar refractivity (Wildman–Crippen MR) is 135 cm³/mol. The lowest BCUT2D eigenvalue weighted by Gasteiger charge is -2.27. The van der Waals surface area contributed by atoms with Crippen molar-refractivity contribution in [2.24, 2.45) is 0 Å². The Kier molecular flexibility index (Phi) is 7.68. The van der Waals surface area contributed by atoms with Gasteiger partial charge in [-0.1, -0.05) is 36.4 Å². The van der Waals surface area contributed by atoms with Crippen LogP contribution in [0, 0.1) is 6.92 Å². The molecule has 170 valence electrons. The van der Waals surface area contributed by atoms with E-state index in [4.69, 9.17) is 0 Å². The number of rotatable bonds is 9. The maximum Gasteiger partial charge on any atom is 0.121 e. The molecular weight excluding hydrogens is 396 g/mol. The third kappa shape index (κ3) is 4.69. The molecule has 0 radical (unpaired) electrons. The van der Waals surface area contributed by atoms with E-state index in [1.807, 2.05) is 36.4 Å². The van der Waals surface area contributed by atoms with Crippen molar-refractivity contribution in [2.75, 3.05) is 36.0 Å². The molecule has 3 aromatic carbocycles. The van der Waals surface area contributed by atoms with Crippen LogP contribution >= 0.6 is 0 Å². The normalized spacial score (nSPS) is 11.1. The number of anilines is 2. The summed E-state index contributed by atoms with van der Waals surface area (Å²) < 4.78 is 0. The Labute approximate surface area is 192 Å². The van der Waals surface area contributed by atoms with Crippen molar-refractivity contribution < 1.29 is 10.2 Å². The lowest BCUT2D eigenvalue weighted by atomic mass is 9.82. The number of aryl methyl sites for hydroxylation is 1. The summed E-state index contributed by atoms with van der Waals surface area (Å²) in [5.74, 6) is 0.220. The Morgan fingerprint density at radius 2 is 1.06 bits per heavy atom. The molecule has 0 aromatic heterocycles. The summed E-state index contributed by atoms with van der Waals surface area (Å²) in [7, 11) is 0. The van der Waals surface area contributed by atoms with Gasteiger partial charge in [-0.2, -0.15) is 0 Å². The van der Waals surface area contributed by atoms with E-state index in [-0.39, 0.29) is 17.4 Å². The van der Waals surface area contributed by atoms with Crippen LogP contribution in [0.5, 0.6) is 11.5 Å². The van der Waals surface area contributed by atoms with Gasteiger partial charge in [0.1, 0.15) is 11.5 Å². The fourth-order valence-corrected chi connectivity index (χ4v) is 4.54. The summed E-state index contributed by atoms with van der Waals surface area (Å²) in [5.41, 5.74) is 5.78. The highest BCUT2D eigenvalue weighted by atomic mass is 16.3. The van der Waals surface area contributed by atoms with Gasteiger partial charge in [-0.05, 0) is 57.9 Å². The van der Waals surface area contributed by atoms with Crippen LogP contribution in [0.2, 0.25) is 0 Å². The second-order valence-electron chi connectivity index (χ2n) is 8.12. The SMILES string of the molecule is CCN(CC)c1ccc(C(c2ccccc2C)c2ccc(N(CC)CC)cc2O)c(O)c1. The molecule has 0 amide bonds. The zero-order valence-electron chi connectivity index (χ0n) is 20.0. The van der Waals surface area contributed by atoms with Crippen LogP contribution in [0.4, 0.5) is 11.4 Å². The first-order chi connectivity index (χ1) is 15.4. The fraction of sp³-hybridized carbons (Fsp3) is 0.357. The monoisotopic (exact) mass is 432 g/mol. The standard InChI is InChI=1S/C28H36N2O2/c1-6-29(7-2)21-14-16-24(26(31)18-21)28(23-13-11-10-12-20(23)5)25-17-15-22(19-27(25)32)30(8-3)9-4/h10-19,28,31-32H,6-9H2,1-5H3. The third-order valence-electron chi connectivity index (χ3n) is 6.41. The molecule has 32 heavy (non-hydrogen) atoms. The van der Waals surface area contributed by atoms with Gasteiger partial charge < -0.3 is 20.0 Å². The zero-order chi connectivity index (χ0) is 23.3. The Hall–Kier alpha value is -3.14. The van der Waals surface area contributed by atoms with Gasteiger partial charge in [-0.3, -0.25) is 0 Å². The molecule has 0 atom stereocenters. The molecule has 3 aromatic rings. The molecule has 0 spiro atoms. The highest BCUT2D eigenvalue weighted by Gasteiger charge is 2.25. The second kappa shape index (κ2) is 10.4. The molecule has 4 nitrogen and oxygen atoms in total. The molecule has 0 heterocycles. The van der Waals surface area contributed by atoms with Gasteiger partial charge in [0.15, 0.2) is 0 Å². The van der Waals surface area contributed by atoms with Crippen LogP contribution in [-0.4, -0.2) is 36.4 Å². The van der Waals surface area contributed by atoms with Gasteiger partial charge in [-0.15, -0.1) is 0 Å². The maximum atomic E-state index is 11.1. The van der Waals surface area contributed by atoms with Gasteiger partial charge in [-0.25, -0.2) is 0 Å². The van der Waals surface area contributed by atoms with Crippen molar-refractivity contribution in [2.45, 2.75) is 40.5 Å². The quantitative estimate of drug-likeness (QED) is 0.391. The van der Waals surface area contributed by atoms with Crippen molar-refractivity contribution >= 4 is 11.4 Å². The molecule has 4 heteroatoms. The largest absolute Gasteiger partial charge is 0.508 e. The summed E-state index contributed by atoms with van der Waals surface area (Å²) in [6.45, 7) is 14.0. The van der Waals surface area contributed by atoms with Crippen molar-refractivity contribution in [3.63, 3.8) is 0 Å². The lowest BCUT2D eigenvalue weighted by molar-refractivity contribution is 0.458. The molecular formula is C28H36N2O2. The number of aromatic hydroxyl groups is 2. The van der Waals surface area contributed by atoms with E-state index >= 15 is 0 Å². The summed E-state index contributed by atoms with van der Waals surface area (Å²) in [4.78, 5) is 4.42. The van der Waals surface area contributed by atoms with Crippen LogP contribution in [0.1, 0.15) is 55.9 Å². The highest BCUT2D eigenvalue weighted by molar-refractivity contribution is 5.62. The summed E-state index contributed by atoms with van der Waals surface area (Å²) in [5, 5.41) is 22.2. The Morgan fingerprint density at radius 3 is 1.44 bits per heavy atom. The van der Waals surface area contributed by atoms with Crippen LogP contribution in [0.3, 0.4) is 0 Å². The van der Waals surface area contributed by atoms with Crippen LogP contribution in [0.25, 0.3) is 0 Å². The first-order valence-electron chi connectivity index (χ1n) is 11.7. The molecule has 0 aliphatic rings. The van der Waals surface area contributed by atoms with Gasteiger partial charge >= 0.3 is 0 Å². The molecule has 0 saturated carbocycles. The fourth-order valence-electron chi connectivity index (χ4n) is 4.54. The molecule has 0 fully saturated rings. The van der Waals surface area contributed by atoms with Crippen molar-refractivity contribution in [3.05, 3.63) is 82.9 Å². The minimum atomic E-state index is -0.271. The molecule has 0 unspecified atom stereocenters. The van der Waals surface area contributed by atoms with Crippen molar-refractivity contribution in [1.29, 1.82) is 0 Å². The number of nitrogens with zero attached hydrogens (tertiary/aromatic N) is 2. The zero-order valence-corrected chi connectivity index (χ0v) is 20.0. The second-order valence-corrected chi connectivity index (χ2v) is 8.12. The molecule has 3 rings (SSSR count). The number of hydrogen-bond donors (Lipinski definition) is 2. The van der Waals surface area contributed by atoms with E-state index in [9.17, 15) is 10.2 Å². The average Bonchev–Trinajstić information content (AvgIpc) is 2.79. The van der Waals surface area contributed by atoms with Crippen LogP contribution in [-0.2, 0) is 0 Å². The van der Waals surface area contributed by atoms with Gasteiger partial charge in [0.25, 0.3) is 0 Å². The van der Waals surface area contributed by atoms with Crippen LogP contribution < -0.4 is 9.80 Å². The van der Waals surface area contributed by atoms with E-state index in [0.29, 0.717) is 0 Å². The predicted octanol–water partition coefficient (Wildman–Crippen LogP) is 6.28. The number of hydrogen-bond acceptors (Lipinski definition) is 4. The maximum absolute atomic E-state index is 11.1. The van der Waals surface area contributed by atoms with Crippen LogP contribution in [0.15, 0.2) is 60.7 Å². The third-order valence-corrected chi connectivity index (χ3v) is 6.41. The lowest BCUT2D eigenvalue weighted by Crippen LogP contribution is -2.22. The average molecular weight is 433 g/mol. The number of phenolic OH excluding ortho intramolecular Hbond substituents is 2. The molecule has 0 saturated heterocycles.